The molecule has 0 radical (unpaired) electrons. The van der Waals surface area contributed by atoms with E-state index in [0.29, 0.717) is 0 Å². The highest BCUT2D eigenvalue weighted by atomic mass is 14.7. The summed E-state index contributed by atoms with van der Waals surface area (Å²) in [5, 5.41) is 10.4. The average Bonchev–Trinajstić information content (AvgIpc) is 3.30. The van der Waals surface area contributed by atoms with Crippen LogP contribution in [0, 0.1) is 0 Å². The topological polar surface area (TPSA) is 15.8 Å². The Kier molecular flexibility index (Phi) is 3.72. The van der Waals surface area contributed by atoms with Crippen LogP contribution in [0.3, 0.4) is 0 Å². The van der Waals surface area contributed by atoms with Crippen molar-refractivity contribution in [3.63, 3.8) is 0 Å². The molecule has 0 saturated heterocycles. The molecule has 0 atom stereocenters. The normalized spacial score (nSPS) is 12.0. The van der Waals surface area contributed by atoms with Crippen molar-refractivity contribution in [2.45, 2.75) is 0 Å². The molecule has 0 saturated carbocycles. The van der Waals surface area contributed by atoms with Gasteiger partial charge in [-0.2, -0.15) is 0 Å². The fourth-order valence-corrected chi connectivity index (χ4v) is 5.93. The lowest BCUT2D eigenvalue weighted by Crippen LogP contribution is -1.89. The van der Waals surface area contributed by atoms with Crippen LogP contribution in [0.15, 0.2) is 121 Å². The van der Waals surface area contributed by atoms with E-state index in [9.17, 15) is 0 Å². The fraction of sp³-hybridized carbons (Fsp3) is 0. The number of rotatable bonds is 2. The lowest BCUT2D eigenvalue weighted by atomic mass is 9.88. The third kappa shape index (κ3) is 2.64. The number of H-pyrrole nitrogens is 1. The summed E-state index contributed by atoms with van der Waals surface area (Å²) >= 11 is 0. The van der Waals surface area contributed by atoms with Gasteiger partial charge in [0.2, 0.25) is 0 Å². The van der Waals surface area contributed by atoms with E-state index in [2.05, 4.69) is 126 Å². The van der Waals surface area contributed by atoms with Gasteiger partial charge >= 0.3 is 0 Å². The molecule has 0 amide bonds. The van der Waals surface area contributed by atoms with E-state index < -0.39 is 0 Å². The highest BCUT2D eigenvalue weighted by Crippen LogP contribution is 2.43. The van der Waals surface area contributed by atoms with Crippen LogP contribution < -0.4 is 0 Å². The number of aromatic amines is 1. The molecule has 1 aromatic heterocycles. The van der Waals surface area contributed by atoms with Crippen LogP contribution in [0.5, 0.6) is 0 Å². The first-order chi connectivity index (χ1) is 17.3. The Hall–Kier alpha value is -4.62. The van der Waals surface area contributed by atoms with Crippen LogP contribution in [-0.2, 0) is 0 Å². The van der Waals surface area contributed by atoms with Gasteiger partial charge in [-0.25, -0.2) is 0 Å². The van der Waals surface area contributed by atoms with Gasteiger partial charge < -0.3 is 4.98 Å². The van der Waals surface area contributed by atoms with Gasteiger partial charge in [-0.05, 0) is 67.2 Å². The van der Waals surface area contributed by atoms with Gasteiger partial charge in [-0.3, -0.25) is 0 Å². The maximum atomic E-state index is 3.75. The number of hydrogen-bond acceptors (Lipinski definition) is 0. The molecule has 0 aliphatic heterocycles. The van der Waals surface area contributed by atoms with Crippen LogP contribution in [0.2, 0.25) is 0 Å². The largest absolute Gasteiger partial charge is 0.354 e. The molecule has 1 heteroatoms. The van der Waals surface area contributed by atoms with Crippen molar-refractivity contribution in [3.8, 4) is 22.3 Å². The highest BCUT2D eigenvalue weighted by molar-refractivity contribution is 6.26. The molecular formula is C34H21N. The zero-order valence-corrected chi connectivity index (χ0v) is 19.0. The smallest absolute Gasteiger partial charge is 0.0545 e. The van der Waals surface area contributed by atoms with Gasteiger partial charge in [0.1, 0.15) is 0 Å². The van der Waals surface area contributed by atoms with E-state index in [-0.39, 0.29) is 0 Å². The molecule has 0 bridgehead atoms. The summed E-state index contributed by atoms with van der Waals surface area (Å²) < 4.78 is 0. The Bertz CT molecular complexity index is 2030. The minimum absolute atomic E-state index is 1.17. The van der Waals surface area contributed by atoms with Crippen molar-refractivity contribution in [2.24, 2.45) is 0 Å². The Morgan fingerprint density at radius 2 is 1.11 bits per heavy atom. The maximum Gasteiger partial charge on any atom is 0.0545 e. The van der Waals surface area contributed by atoms with E-state index in [1.807, 2.05) is 0 Å². The van der Waals surface area contributed by atoms with Crippen LogP contribution >= 0.6 is 0 Å². The Balaban J connectivity index is 1.54. The quantitative estimate of drug-likeness (QED) is 0.256. The molecule has 0 aliphatic carbocycles. The van der Waals surface area contributed by atoms with Gasteiger partial charge in [0, 0.05) is 21.9 Å². The molecule has 1 nitrogen and oxygen atoms in total. The number of para-hydroxylation sites is 1. The second-order valence-electron chi connectivity index (χ2n) is 9.45. The first-order valence-electron chi connectivity index (χ1n) is 12.1. The molecule has 8 rings (SSSR count). The molecule has 35 heavy (non-hydrogen) atoms. The van der Waals surface area contributed by atoms with Gasteiger partial charge in [0.25, 0.3) is 0 Å². The monoisotopic (exact) mass is 443 g/mol. The molecule has 0 unspecified atom stereocenters. The molecule has 8 aromatic rings. The lowest BCUT2D eigenvalue weighted by Gasteiger charge is -2.15. The first-order valence-corrected chi connectivity index (χ1v) is 12.1. The second kappa shape index (κ2) is 6.94. The van der Waals surface area contributed by atoms with Crippen LogP contribution in [-0.4, -0.2) is 4.98 Å². The number of nitrogens with one attached hydrogen (secondary N) is 1. The highest BCUT2D eigenvalue weighted by Gasteiger charge is 2.17. The molecule has 1 N–H and O–H groups in total. The summed E-state index contributed by atoms with van der Waals surface area (Å²) in [6.07, 6.45) is 0. The van der Waals surface area contributed by atoms with E-state index in [0.717, 1.165) is 0 Å². The zero-order valence-electron chi connectivity index (χ0n) is 19.0. The van der Waals surface area contributed by atoms with E-state index >= 15 is 0 Å². The predicted molar refractivity (Wildman–Crippen MR) is 150 cm³/mol. The fourth-order valence-electron chi connectivity index (χ4n) is 5.93. The minimum Gasteiger partial charge on any atom is -0.354 e. The SMILES string of the molecule is c1ccc(-c2cc(-c3ccc4ccc5cccc6ccc3c4c56)c3[nH]c4ccccc4c3c2)cc1. The summed E-state index contributed by atoms with van der Waals surface area (Å²) in [5.41, 5.74) is 7.36. The molecule has 0 spiro atoms. The van der Waals surface area contributed by atoms with Crippen molar-refractivity contribution in [2.75, 3.05) is 0 Å². The molecule has 162 valence electrons. The molecular weight excluding hydrogens is 422 g/mol. The number of aromatic nitrogens is 1. The standard InChI is InChI=1S/C34H21N/c1-2-7-21(8-3-1)25-19-29(34-30(20-25)27-11-4-5-12-31(27)35-34)26-17-15-24-14-13-22-9-6-10-23-16-18-28(26)33(24)32(22)23/h1-20,35H. The second-order valence-corrected chi connectivity index (χ2v) is 9.45. The Morgan fingerprint density at radius 3 is 1.97 bits per heavy atom. The molecule has 1 heterocycles. The molecule has 0 aliphatic rings. The summed E-state index contributed by atoms with van der Waals surface area (Å²) in [4.78, 5) is 3.75. The third-order valence-electron chi connectivity index (χ3n) is 7.54. The number of benzene rings is 7. The van der Waals surface area contributed by atoms with E-state index in [1.54, 1.807) is 0 Å². The molecule has 7 aromatic carbocycles. The Labute approximate surface area is 202 Å². The van der Waals surface area contributed by atoms with E-state index in [4.69, 9.17) is 0 Å². The number of hydrogen-bond donors (Lipinski definition) is 1. The first kappa shape index (κ1) is 18.8. The summed E-state index contributed by atoms with van der Waals surface area (Å²) in [6.45, 7) is 0. The molecule has 0 fully saturated rings. The minimum atomic E-state index is 1.17. The van der Waals surface area contributed by atoms with Gasteiger partial charge in [0.05, 0.1) is 5.52 Å². The average molecular weight is 444 g/mol. The van der Waals surface area contributed by atoms with Crippen LogP contribution in [0.25, 0.3) is 76.4 Å². The predicted octanol–water partition coefficient (Wildman–Crippen LogP) is 9.55. The van der Waals surface area contributed by atoms with Crippen molar-refractivity contribution >= 4 is 54.1 Å². The maximum absolute atomic E-state index is 3.75. The zero-order chi connectivity index (χ0) is 22.9. The summed E-state index contributed by atoms with van der Waals surface area (Å²) in [7, 11) is 0. The van der Waals surface area contributed by atoms with Crippen molar-refractivity contribution in [1.82, 2.24) is 4.98 Å². The third-order valence-corrected chi connectivity index (χ3v) is 7.54. The van der Waals surface area contributed by atoms with Crippen LogP contribution in [0.4, 0.5) is 0 Å². The van der Waals surface area contributed by atoms with Crippen molar-refractivity contribution in [3.05, 3.63) is 121 Å². The van der Waals surface area contributed by atoms with Crippen molar-refractivity contribution < 1.29 is 0 Å². The lowest BCUT2D eigenvalue weighted by molar-refractivity contribution is 1.54. The van der Waals surface area contributed by atoms with Crippen molar-refractivity contribution in [1.29, 1.82) is 0 Å². The summed E-state index contributed by atoms with van der Waals surface area (Å²) in [6, 6.07) is 44.3. The van der Waals surface area contributed by atoms with Gasteiger partial charge in [-0.1, -0.05) is 103 Å². The van der Waals surface area contributed by atoms with Gasteiger partial charge in [-0.15, -0.1) is 0 Å². The number of fused-ring (bicyclic) bond motifs is 3. The van der Waals surface area contributed by atoms with E-state index in [1.165, 1.54) is 76.4 Å². The van der Waals surface area contributed by atoms with Crippen LogP contribution in [0.1, 0.15) is 0 Å². The summed E-state index contributed by atoms with van der Waals surface area (Å²) in [5.74, 6) is 0. The Morgan fingerprint density at radius 1 is 0.400 bits per heavy atom. The van der Waals surface area contributed by atoms with Gasteiger partial charge in [0.15, 0.2) is 0 Å².